The highest BCUT2D eigenvalue weighted by atomic mass is 19.1. The summed E-state index contributed by atoms with van der Waals surface area (Å²) in [6.07, 6.45) is 1.30. The number of fused-ring (bicyclic) bond motifs is 6. The fourth-order valence-electron chi connectivity index (χ4n) is 6.31. The van der Waals surface area contributed by atoms with Crippen LogP contribution in [-0.2, 0) is 12.5 Å². The first-order chi connectivity index (χ1) is 19.9. The third-order valence-corrected chi connectivity index (χ3v) is 8.32. The first-order valence-corrected chi connectivity index (χ1v) is 13.0. The number of aryl methyl sites for hydroxylation is 3. The van der Waals surface area contributed by atoms with Crippen LogP contribution in [0.2, 0.25) is 0 Å². The molecule has 0 bridgehead atoms. The van der Waals surface area contributed by atoms with Crippen molar-refractivity contribution in [1.29, 1.82) is 0 Å². The lowest BCUT2D eigenvalue weighted by Crippen LogP contribution is -2.31. The summed E-state index contributed by atoms with van der Waals surface area (Å²) < 4.78 is 62.0. The molecule has 0 amide bonds. The van der Waals surface area contributed by atoms with Gasteiger partial charge in [-0.15, -0.1) is 0 Å². The molecule has 1 aliphatic carbocycles. The molecule has 0 radical (unpaired) electrons. The maximum Gasteiger partial charge on any atom is 0.219 e. The Hall–Kier alpha value is -4.31. The minimum absolute atomic E-state index is 0.166. The van der Waals surface area contributed by atoms with Crippen LogP contribution < -0.4 is 4.57 Å². The second-order valence-corrected chi connectivity index (χ2v) is 11.0. The smallest absolute Gasteiger partial charge is 0.219 e. The normalized spacial score (nSPS) is 15.2. The summed E-state index contributed by atoms with van der Waals surface area (Å²) in [6.45, 7) is 3.71. The molecule has 0 unspecified atom stereocenters. The zero-order valence-corrected chi connectivity index (χ0v) is 22.1. The number of nitrogens with zero attached hydrogens (tertiary/aromatic N) is 1. The Morgan fingerprint density at radius 1 is 0.769 bits per heavy atom. The summed E-state index contributed by atoms with van der Waals surface area (Å²) in [5, 5.41) is 1.51. The molecule has 39 heavy (non-hydrogen) atoms. The summed E-state index contributed by atoms with van der Waals surface area (Å²) in [6, 6.07) is 22.6. The van der Waals surface area contributed by atoms with E-state index in [1.807, 2.05) is 43.3 Å². The zero-order valence-electron chi connectivity index (χ0n) is 25.1. The van der Waals surface area contributed by atoms with E-state index in [0.717, 1.165) is 27.5 Å². The predicted molar refractivity (Wildman–Crippen MR) is 153 cm³/mol. The van der Waals surface area contributed by atoms with Crippen molar-refractivity contribution in [2.24, 2.45) is 7.05 Å². The number of halogens is 2. The molecule has 0 saturated heterocycles. The largest absolute Gasteiger partial charge is 0.454 e. The summed E-state index contributed by atoms with van der Waals surface area (Å²) >= 11 is 0. The Bertz CT molecular complexity index is 2110. The van der Waals surface area contributed by atoms with Crippen molar-refractivity contribution in [3.63, 3.8) is 0 Å². The van der Waals surface area contributed by atoms with E-state index in [1.54, 1.807) is 17.7 Å². The third kappa shape index (κ3) is 3.27. The molecule has 4 aromatic carbocycles. The Balaban J connectivity index is 1.48. The number of pyridine rings is 1. The Morgan fingerprint density at radius 2 is 1.49 bits per heavy atom. The van der Waals surface area contributed by atoms with Crippen molar-refractivity contribution in [1.82, 2.24) is 0 Å². The second kappa shape index (κ2) is 8.09. The Kier molecular flexibility index (Phi) is 4.28. The number of hydrogen-bond acceptors (Lipinski definition) is 1. The number of rotatable bonds is 2. The monoisotopic (exact) mass is 519 g/mol. The molecule has 4 heteroatoms. The highest BCUT2D eigenvalue weighted by molar-refractivity contribution is 6.13. The maximum atomic E-state index is 15.7. The number of furan rings is 1. The van der Waals surface area contributed by atoms with Gasteiger partial charge in [-0.1, -0.05) is 62.4 Å². The lowest BCUT2D eigenvalue weighted by atomic mass is 9.82. The van der Waals surface area contributed by atoms with Crippen LogP contribution in [0.25, 0.3) is 55.4 Å². The lowest BCUT2D eigenvalue weighted by molar-refractivity contribution is -0.661. The van der Waals surface area contributed by atoms with Crippen LogP contribution in [0.15, 0.2) is 83.4 Å². The SMILES string of the molecule is [2H]C([2H])([2H])c1c[n+](C)c(-c2c(C)ccc3c2oc2c(-c4ccc5c(c4)-c4ccccc4C5(C)C)c(F)ccc23)cc1F. The van der Waals surface area contributed by atoms with E-state index >= 15 is 8.78 Å². The van der Waals surface area contributed by atoms with E-state index in [2.05, 4.69) is 32.0 Å². The van der Waals surface area contributed by atoms with Gasteiger partial charge in [0.1, 0.15) is 29.8 Å². The van der Waals surface area contributed by atoms with Crippen molar-refractivity contribution in [3.8, 4) is 33.5 Å². The molecular formula is C35H28F2NO+. The van der Waals surface area contributed by atoms with E-state index in [-0.39, 0.29) is 11.0 Å². The first kappa shape index (κ1) is 20.6. The number of benzene rings is 4. The topological polar surface area (TPSA) is 17.0 Å². The summed E-state index contributed by atoms with van der Waals surface area (Å²) in [4.78, 5) is 0. The highest BCUT2D eigenvalue weighted by Gasteiger charge is 2.35. The number of aromatic nitrogens is 1. The van der Waals surface area contributed by atoms with Gasteiger partial charge in [-0.2, -0.15) is 0 Å². The lowest BCUT2D eigenvalue weighted by Gasteiger charge is -2.21. The van der Waals surface area contributed by atoms with Crippen molar-refractivity contribution < 1.29 is 21.9 Å². The summed E-state index contributed by atoms with van der Waals surface area (Å²) in [7, 11) is 1.68. The van der Waals surface area contributed by atoms with Crippen LogP contribution in [0.4, 0.5) is 8.78 Å². The molecule has 6 aromatic rings. The van der Waals surface area contributed by atoms with Gasteiger partial charge in [0.05, 0.1) is 11.1 Å². The molecule has 2 aromatic heterocycles. The molecule has 0 saturated carbocycles. The van der Waals surface area contributed by atoms with Crippen molar-refractivity contribution in [3.05, 3.63) is 113 Å². The molecular weight excluding hydrogens is 488 g/mol. The molecule has 0 atom stereocenters. The van der Waals surface area contributed by atoms with E-state index in [9.17, 15) is 0 Å². The van der Waals surface area contributed by atoms with Gasteiger partial charge in [0.25, 0.3) is 0 Å². The second-order valence-electron chi connectivity index (χ2n) is 11.0. The zero-order chi connectivity index (χ0) is 29.7. The van der Waals surface area contributed by atoms with Crippen LogP contribution in [0, 0.1) is 25.4 Å². The molecule has 2 heterocycles. The summed E-state index contributed by atoms with van der Waals surface area (Å²) in [5.74, 6) is -1.22. The van der Waals surface area contributed by atoms with Crippen LogP contribution in [0.3, 0.4) is 0 Å². The molecule has 0 spiro atoms. The van der Waals surface area contributed by atoms with E-state index in [1.165, 1.54) is 29.5 Å². The van der Waals surface area contributed by atoms with Crippen LogP contribution in [-0.4, -0.2) is 0 Å². The van der Waals surface area contributed by atoms with Gasteiger partial charge in [0.15, 0.2) is 6.20 Å². The van der Waals surface area contributed by atoms with E-state index in [4.69, 9.17) is 8.53 Å². The van der Waals surface area contributed by atoms with Gasteiger partial charge in [0, 0.05) is 31.9 Å². The van der Waals surface area contributed by atoms with Gasteiger partial charge in [0.2, 0.25) is 5.69 Å². The van der Waals surface area contributed by atoms with Gasteiger partial charge < -0.3 is 4.42 Å². The molecule has 1 aliphatic rings. The quantitative estimate of drug-likeness (QED) is 0.209. The summed E-state index contributed by atoms with van der Waals surface area (Å²) in [5.41, 5.74) is 8.00. The van der Waals surface area contributed by atoms with Gasteiger partial charge in [-0.05, 0) is 65.4 Å². The molecule has 0 N–H and O–H groups in total. The first-order valence-electron chi connectivity index (χ1n) is 14.5. The molecule has 0 fully saturated rings. The minimum Gasteiger partial charge on any atom is -0.454 e. The standard InChI is InChI=1S/C35H28F2NO/c1-19-10-12-23-24-13-15-28(36)32(34(24)39-33(23)31(19)30-17-29(37)20(2)18-38(30)5)21-11-14-27-25(16-21)22-8-6-7-9-26(22)35(27,3)4/h6-18H,1-5H3/q+1/i2D3. The highest BCUT2D eigenvalue weighted by Crippen LogP contribution is 2.50. The molecule has 7 rings (SSSR count). The third-order valence-electron chi connectivity index (χ3n) is 8.32. The molecule has 192 valence electrons. The maximum absolute atomic E-state index is 15.7. The average molecular weight is 520 g/mol. The Morgan fingerprint density at radius 3 is 2.28 bits per heavy atom. The van der Waals surface area contributed by atoms with E-state index < -0.39 is 18.5 Å². The van der Waals surface area contributed by atoms with Crippen molar-refractivity contribution in [2.75, 3.05) is 0 Å². The molecule has 0 aliphatic heterocycles. The average Bonchev–Trinajstić information content (AvgIpc) is 3.41. The van der Waals surface area contributed by atoms with Crippen molar-refractivity contribution in [2.45, 2.75) is 33.0 Å². The number of hydrogen-bond donors (Lipinski definition) is 0. The molecule has 2 nitrogen and oxygen atoms in total. The van der Waals surface area contributed by atoms with Gasteiger partial charge in [-0.25, -0.2) is 13.3 Å². The predicted octanol–water partition coefficient (Wildman–Crippen LogP) is 8.95. The van der Waals surface area contributed by atoms with Gasteiger partial charge >= 0.3 is 0 Å². The van der Waals surface area contributed by atoms with Crippen molar-refractivity contribution >= 4 is 21.9 Å². The Labute approximate surface area is 230 Å². The van der Waals surface area contributed by atoms with Crippen LogP contribution >= 0.6 is 0 Å². The van der Waals surface area contributed by atoms with E-state index in [0.29, 0.717) is 33.6 Å². The fourth-order valence-corrected chi connectivity index (χ4v) is 6.31. The minimum atomic E-state index is -2.58. The fraction of sp³-hybridized carbons (Fsp3) is 0.171. The van der Waals surface area contributed by atoms with Crippen LogP contribution in [0.5, 0.6) is 0 Å². The van der Waals surface area contributed by atoms with Crippen LogP contribution in [0.1, 0.15) is 40.2 Å². The van der Waals surface area contributed by atoms with Gasteiger partial charge in [-0.3, -0.25) is 0 Å².